The van der Waals surface area contributed by atoms with Crippen LogP contribution in [-0.2, 0) is 13.0 Å². The second-order valence-electron chi connectivity index (χ2n) is 7.17. The number of nitrogens with one attached hydrogen (secondary N) is 1. The highest BCUT2D eigenvalue weighted by Crippen LogP contribution is 2.30. The zero-order valence-electron chi connectivity index (χ0n) is 16.0. The lowest BCUT2D eigenvalue weighted by molar-refractivity contribution is 0.0950. The van der Waals surface area contributed by atoms with Crippen LogP contribution in [0.15, 0.2) is 53.9 Å². The van der Waals surface area contributed by atoms with E-state index in [0.717, 1.165) is 29.3 Å². The number of hydrogen-bond acceptors (Lipinski definition) is 4. The normalized spacial score (nSPS) is 15.7. The van der Waals surface area contributed by atoms with Crippen LogP contribution in [0.25, 0.3) is 0 Å². The number of fused-ring (bicyclic) bond motifs is 1. The molecule has 1 amide bonds. The molecule has 0 bridgehead atoms. The van der Waals surface area contributed by atoms with Crippen LogP contribution >= 0.6 is 11.3 Å². The van der Waals surface area contributed by atoms with Gasteiger partial charge in [0.1, 0.15) is 12.4 Å². The van der Waals surface area contributed by atoms with E-state index >= 15 is 0 Å². The SMILES string of the molecule is Cc1nc(COc2ccc(C(=O)NCC3CCCc4ccccc43)cc2)cs1. The molecule has 0 fully saturated rings. The first-order valence-electron chi connectivity index (χ1n) is 9.69. The summed E-state index contributed by atoms with van der Waals surface area (Å²) in [7, 11) is 0. The van der Waals surface area contributed by atoms with Gasteiger partial charge in [-0.2, -0.15) is 0 Å². The van der Waals surface area contributed by atoms with Crippen molar-refractivity contribution in [3.05, 3.63) is 81.3 Å². The van der Waals surface area contributed by atoms with Gasteiger partial charge >= 0.3 is 0 Å². The topological polar surface area (TPSA) is 51.2 Å². The fourth-order valence-electron chi connectivity index (χ4n) is 3.72. The Hall–Kier alpha value is -2.66. The largest absolute Gasteiger partial charge is 0.487 e. The third-order valence-electron chi connectivity index (χ3n) is 5.17. The van der Waals surface area contributed by atoms with Gasteiger partial charge < -0.3 is 10.1 Å². The summed E-state index contributed by atoms with van der Waals surface area (Å²) in [6, 6.07) is 15.9. The summed E-state index contributed by atoms with van der Waals surface area (Å²) in [5.74, 6) is 1.10. The van der Waals surface area contributed by atoms with Crippen LogP contribution in [0.3, 0.4) is 0 Å². The molecule has 1 unspecified atom stereocenters. The summed E-state index contributed by atoms with van der Waals surface area (Å²) in [5, 5.41) is 6.14. The average Bonchev–Trinajstić information content (AvgIpc) is 3.16. The molecule has 1 aliphatic carbocycles. The molecule has 0 saturated heterocycles. The van der Waals surface area contributed by atoms with Crippen molar-refractivity contribution >= 4 is 17.2 Å². The number of thiazole rings is 1. The predicted octanol–water partition coefficient (Wildman–Crippen LogP) is 4.88. The Kier molecular flexibility index (Phi) is 5.72. The summed E-state index contributed by atoms with van der Waals surface area (Å²) >= 11 is 1.61. The Bertz CT molecular complexity index is 949. The molecule has 1 atom stereocenters. The molecule has 1 aliphatic rings. The van der Waals surface area contributed by atoms with E-state index in [4.69, 9.17) is 4.74 Å². The van der Waals surface area contributed by atoms with E-state index in [9.17, 15) is 4.79 Å². The standard InChI is InChI=1S/C23H24N2O2S/c1-16-25-20(15-28-16)14-27-21-11-9-18(10-12-21)23(26)24-13-19-7-4-6-17-5-2-3-8-22(17)19/h2-3,5,8-12,15,19H,4,6-7,13-14H2,1H3,(H,24,26). The fraction of sp³-hybridized carbons (Fsp3) is 0.304. The van der Waals surface area contributed by atoms with Crippen molar-refractivity contribution in [3.63, 3.8) is 0 Å². The highest BCUT2D eigenvalue weighted by Gasteiger charge is 2.20. The Morgan fingerprint density at radius 3 is 2.82 bits per heavy atom. The van der Waals surface area contributed by atoms with Gasteiger partial charge in [-0.15, -0.1) is 11.3 Å². The first-order valence-corrected chi connectivity index (χ1v) is 10.6. The maximum absolute atomic E-state index is 12.5. The van der Waals surface area contributed by atoms with Gasteiger partial charge in [-0.05, 0) is 61.6 Å². The third-order valence-corrected chi connectivity index (χ3v) is 5.99. The maximum Gasteiger partial charge on any atom is 0.251 e. The molecule has 3 aromatic rings. The smallest absolute Gasteiger partial charge is 0.251 e. The molecule has 2 aromatic carbocycles. The van der Waals surface area contributed by atoms with E-state index < -0.39 is 0 Å². The third kappa shape index (κ3) is 4.42. The molecule has 28 heavy (non-hydrogen) atoms. The summed E-state index contributed by atoms with van der Waals surface area (Å²) in [4.78, 5) is 16.9. The number of rotatable bonds is 6. The molecular formula is C23H24N2O2S. The number of aromatic nitrogens is 1. The van der Waals surface area contributed by atoms with Gasteiger partial charge in [-0.1, -0.05) is 24.3 Å². The lowest BCUT2D eigenvalue weighted by Crippen LogP contribution is -2.29. The lowest BCUT2D eigenvalue weighted by Gasteiger charge is -2.25. The summed E-state index contributed by atoms with van der Waals surface area (Å²) in [6.45, 7) is 3.10. The van der Waals surface area contributed by atoms with E-state index in [2.05, 4.69) is 34.6 Å². The first-order chi connectivity index (χ1) is 13.7. The molecule has 0 spiro atoms. The monoisotopic (exact) mass is 392 g/mol. The quantitative estimate of drug-likeness (QED) is 0.650. The number of carbonyl (C=O) groups excluding carboxylic acids is 1. The van der Waals surface area contributed by atoms with Gasteiger partial charge in [0.15, 0.2) is 0 Å². The van der Waals surface area contributed by atoms with Crippen molar-refractivity contribution in [3.8, 4) is 5.75 Å². The minimum atomic E-state index is -0.0373. The summed E-state index contributed by atoms with van der Waals surface area (Å²) < 4.78 is 5.75. The average molecular weight is 393 g/mol. The highest BCUT2D eigenvalue weighted by atomic mass is 32.1. The molecule has 4 nitrogen and oxygen atoms in total. The Morgan fingerprint density at radius 2 is 2.04 bits per heavy atom. The van der Waals surface area contributed by atoms with Crippen molar-refractivity contribution in [2.24, 2.45) is 0 Å². The Labute approximate surface area is 169 Å². The highest BCUT2D eigenvalue weighted by molar-refractivity contribution is 7.09. The van der Waals surface area contributed by atoms with Crippen LogP contribution in [-0.4, -0.2) is 17.4 Å². The summed E-state index contributed by atoms with van der Waals surface area (Å²) in [5.41, 5.74) is 4.39. The number of ether oxygens (including phenoxy) is 1. The van der Waals surface area contributed by atoms with Gasteiger partial charge in [0.25, 0.3) is 5.91 Å². The van der Waals surface area contributed by atoms with E-state index in [1.165, 1.54) is 17.5 Å². The van der Waals surface area contributed by atoms with Crippen LogP contribution < -0.4 is 10.1 Å². The Morgan fingerprint density at radius 1 is 1.21 bits per heavy atom. The minimum Gasteiger partial charge on any atom is -0.487 e. The second-order valence-corrected chi connectivity index (χ2v) is 8.23. The van der Waals surface area contributed by atoms with Crippen molar-refractivity contribution < 1.29 is 9.53 Å². The molecule has 5 heteroatoms. The van der Waals surface area contributed by atoms with Crippen LogP contribution in [0, 0.1) is 6.92 Å². The van der Waals surface area contributed by atoms with E-state index in [1.54, 1.807) is 11.3 Å². The number of nitrogens with zero attached hydrogens (tertiary/aromatic N) is 1. The first kappa shape index (κ1) is 18.7. The van der Waals surface area contributed by atoms with Crippen molar-refractivity contribution in [2.75, 3.05) is 6.54 Å². The molecule has 1 heterocycles. The molecule has 0 radical (unpaired) electrons. The number of amides is 1. The van der Waals surface area contributed by atoms with Crippen molar-refractivity contribution in [1.82, 2.24) is 10.3 Å². The number of aryl methyl sites for hydroxylation is 2. The van der Waals surface area contributed by atoms with Gasteiger partial charge in [0, 0.05) is 23.4 Å². The predicted molar refractivity (Wildman–Crippen MR) is 112 cm³/mol. The Balaban J connectivity index is 1.31. The molecule has 144 valence electrons. The van der Waals surface area contributed by atoms with Crippen LogP contribution in [0.4, 0.5) is 0 Å². The molecule has 1 aromatic heterocycles. The molecule has 0 saturated carbocycles. The van der Waals surface area contributed by atoms with Crippen LogP contribution in [0.1, 0.15) is 50.9 Å². The van der Waals surface area contributed by atoms with E-state index in [0.29, 0.717) is 24.6 Å². The van der Waals surface area contributed by atoms with E-state index in [-0.39, 0.29) is 5.91 Å². The molecular weight excluding hydrogens is 368 g/mol. The van der Waals surface area contributed by atoms with Crippen LogP contribution in [0.5, 0.6) is 5.75 Å². The zero-order chi connectivity index (χ0) is 19.3. The van der Waals surface area contributed by atoms with Gasteiger partial charge in [-0.25, -0.2) is 4.98 Å². The van der Waals surface area contributed by atoms with Crippen molar-refractivity contribution in [1.29, 1.82) is 0 Å². The molecule has 1 N–H and O–H groups in total. The number of carbonyl (C=O) groups is 1. The van der Waals surface area contributed by atoms with Gasteiger partial charge in [0.2, 0.25) is 0 Å². The van der Waals surface area contributed by atoms with E-state index in [1.807, 2.05) is 36.6 Å². The number of hydrogen-bond donors (Lipinski definition) is 1. The van der Waals surface area contributed by atoms with Gasteiger partial charge in [-0.3, -0.25) is 4.79 Å². The second kappa shape index (κ2) is 8.57. The zero-order valence-corrected chi connectivity index (χ0v) is 16.8. The van der Waals surface area contributed by atoms with Gasteiger partial charge in [0.05, 0.1) is 10.7 Å². The maximum atomic E-state index is 12.5. The molecule has 0 aliphatic heterocycles. The lowest BCUT2D eigenvalue weighted by atomic mass is 9.83. The molecule has 4 rings (SSSR count). The number of benzene rings is 2. The summed E-state index contributed by atoms with van der Waals surface area (Å²) in [6.07, 6.45) is 3.45. The van der Waals surface area contributed by atoms with Crippen LogP contribution in [0.2, 0.25) is 0 Å². The van der Waals surface area contributed by atoms with Crippen molar-refractivity contribution in [2.45, 2.75) is 38.7 Å². The fourth-order valence-corrected chi connectivity index (χ4v) is 4.32. The minimum absolute atomic E-state index is 0.0373.